The SMILES string of the molecule is Cc1c2c(nn1C1CCNCC1F)OCC[C@@H](C)Nc1nc(ncc1Cl)N2. The maximum atomic E-state index is 14.5. The first-order chi connectivity index (χ1) is 13.0. The molecule has 4 heterocycles. The van der Waals surface area contributed by atoms with Crippen LogP contribution in [0, 0.1) is 6.92 Å². The highest BCUT2D eigenvalue weighted by molar-refractivity contribution is 6.32. The van der Waals surface area contributed by atoms with Crippen molar-refractivity contribution >= 4 is 29.1 Å². The predicted molar refractivity (Wildman–Crippen MR) is 102 cm³/mol. The van der Waals surface area contributed by atoms with Crippen LogP contribution in [0.25, 0.3) is 0 Å². The number of rotatable bonds is 1. The van der Waals surface area contributed by atoms with Crippen LogP contribution in [-0.2, 0) is 0 Å². The molecule has 1 fully saturated rings. The van der Waals surface area contributed by atoms with Gasteiger partial charge in [-0.2, -0.15) is 4.98 Å². The highest BCUT2D eigenvalue weighted by Crippen LogP contribution is 2.35. The van der Waals surface area contributed by atoms with Gasteiger partial charge in [-0.25, -0.2) is 9.37 Å². The average molecular weight is 396 g/mol. The van der Waals surface area contributed by atoms with Crippen LogP contribution in [0.2, 0.25) is 5.02 Å². The van der Waals surface area contributed by atoms with E-state index in [2.05, 4.69) is 31.0 Å². The Labute approximate surface area is 161 Å². The molecule has 27 heavy (non-hydrogen) atoms. The van der Waals surface area contributed by atoms with E-state index >= 15 is 0 Å². The van der Waals surface area contributed by atoms with Gasteiger partial charge in [0.1, 0.15) is 16.9 Å². The van der Waals surface area contributed by atoms with E-state index in [1.165, 1.54) is 0 Å². The van der Waals surface area contributed by atoms with Crippen molar-refractivity contribution in [3.63, 3.8) is 0 Å². The van der Waals surface area contributed by atoms with Crippen LogP contribution >= 0.6 is 11.6 Å². The van der Waals surface area contributed by atoms with Gasteiger partial charge in [0.05, 0.1) is 24.5 Å². The second-order valence-electron chi connectivity index (χ2n) is 6.98. The molecule has 10 heteroatoms. The van der Waals surface area contributed by atoms with E-state index < -0.39 is 6.17 Å². The third kappa shape index (κ3) is 3.66. The first-order valence-electron chi connectivity index (χ1n) is 9.15. The second-order valence-corrected chi connectivity index (χ2v) is 7.39. The molecule has 0 aromatic carbocycles. The Kier molecular flexibility index (Phi) is 5.05. The smallest absolute Gasteiger partial charge is 0.257 e. The molecule has 2 bridgehead atoms. The Hall–Kier alpha value is -2.13. The van der Waals surface area contributed by atoms with Crippen molar-refractivity contribution in [2.45, 2.75) is 44.9 Å². The molecular formula is C17H23ClFN7O. The molecule has 2 aromatic rings. The molecule has 2 aliphatic heterocycles. The zero-order valence-electron chi connectivity index (χ0n) is 15.3. The molecule has 1 saturated heterocycles. The van der Waals surface area contributed by atoms with Crippen molar-refractivity contribution in [2.75, 3.05) is 30.3 Å². The molecular weight excluding hydrogens is 373 g/mol. The Morgan fingerprint density at radius 1 is 1.37 bits per heavy atom. The molecule has 3 N–H and O–H groups in total. The van der Waals surface area contributed by atoms with Crippen molar-refractivity contribution < 1.29 is 9.13 Å². The third-order valence-electron chi connectivity index (χ3n) is 4.96. The van der Waals surface area contributed by atoms with Crippen molar-refractivity contribution in [1.29, 1.82) is 0 Å². The van der Waals surface area contributed by atoms with Gasteiger partial charge in [0, 0.05) is 19.0 Å². The molecule has 0 saturated carbocycles. The lowest BCUT2D eigenvalue weighted by molar-refractivity contribution is 0.168. The lowest BCUT2D eigenvalue weighted by Crippen LogP contribution is -2.39. The summed E-state index contributed by atoms with van der Waals surface area (Å²) in [6.07, 6.45) is 1.96. The van der Waals surface area contributed by atoms with E-state index in [1.807, 2.05) is 13.8 Å². The summed E-state index contributed by atoms with van der Waals surface area (Å²) in [6.45, 7) is 5.48. The number of halogens is 2. The van der Waals surface area contributed by atoms with E-state index in [1.54, 1.807) is 10.9 Å². The number of anilines is 3. The number of ether oxygens (including phenoxy) is 1. The summed E-state index contributed by atoms with van der Waals surface area (Å²) in [6, 6.07) is -0.214. The van der Waals surface area contributed by atoms with Gasteiger partial charge in [0.2, 0.25) is 5.95 Å². The summed E-state index contributed by atoms with van der Waals surface area (Å²) in [7, 11) is 0. The second kappa shape index (κ2) is 7.47. The third-order valence-corrected chi connectivity index (χ3v) is 5.24. The van der Waals surface area contributed by atoms with Crippen molar-refractivity contribution in [3.8, 4) is 5.88 Å². The van der Waals surface area contributed by atoms with E-state index in [0.717, 1.165) is 18.7 Å². The zero-order valence-corrected chi connectivity index (χ0v) is 16.1. The van der Waals surface area contributed by atoms with E-state index in [0.29, 0.717) is 47.9 Å². The van der Waals surface area contributed by atoms with Crippen LogP contribution in [0.3, 0.4) is 0 Å². The van der Waals surface area contributed by atoms with Gasteiger partial charge in [-0.3, -0.25) is 4.68 Å². The molecule has 0 spiro atoms. The number of aromatic nitrogens is 4. The number of hydrogen-bond acceptors (Lipinski definition) is 7. The van der Waals surface area contributed by atoms with Gasteiger partial charge in [0.25, 0.3) is 5.88 Å². The summed E-state index contributed by atoms with van der Waals surface area (Å²) < 4.78 is 22.1. The van der Waals surface area contributed by atoms with Gasteiger partial charge in [0.15, 0.2) is 5.82 Å². The Balaban J connectivity index is 1.73. The van der Waals surface area contributed by atoms with Gasteiger partial charge in [-0.05, 0) is 26.8 Å². The fourth-order valence-corrected chi connectivity index (χ4v) is 3.57. The Morgan fingerprint density at radius 3 is 3.04 bits per heavy atom. The van der Waals surface area contributed by atoms with Gasteiger partial charge in [-0.1, -0.05) is 11.6 Å². The van der Waals surface area contributed by atoms with Crippen LogP contribution in [0.15, 0.2) is 6.20 Å². The fraction of sp³-hybridized carbons (Fsp3) is 0.588. The Morgan fingerprint density at radius 2 is 2.22 bits per heavy atom. The molecule has 2 unspecified atom stereocenters. The number of nitrogens with one attached hydrogen (secondary N) is 3. The summed E-state index contributed by atoms with van der Waals surface area (Å²) in [5.74, 6) is 1.38. The first kappa shape index (κ1) is 18.2. The molecule has 0 aliphatic carbocycles. The minimum Gasteiger partial charge on any atom is -0.475 e. The van der Waals surface area contributed by atoms with E-state index in [4.69, 9.17) is 16.3 Å². The summed E-state index contributed by atoms with van der Waals surface area (Å²) in [5, 5.41) is 14.5. The van der Waals surface area contributed by atoms with Crippen molar-refractivity contribution in [3.05, 3.63) is 16.9 Å². The molecule has 0 radical (unpaired) electrons. The lowest BCUT2D eigenvalue weighted by Gasteiger charge is -2.27. The summed E-state index contributed by atoms with van der Waals surface area (Å²) in [5.41, 5.74) is 1.45. The highest BCUT2D eigenvalue weighted by atomic mass is 35.5. The van der Waals surface area contributed by atoms with Crippen LogP contribution in [0.5, 0.6) is 5.88 Å². The number of nitrogens with zero attached hydrogens (tertiary/aromatic N) is 4. The van der Waals surface area contributed by atoms with Crippen molar-refractivity contribution in [1.82, 2.24) is 25.1 Å². The van der Waals surface area contributed by atoms with Crippen LogP contribution in [-0.4, -0.2) is 51.7 Å². The van der Waals surface area contributed by atoms with Crippen LogP contribution in [0.4, 0.5) is 21.8 Å². The monoisotopic (exact) mass is 395 g/mol. The summed E-state index contributed by atoms with van der Waals surface area (Å²) >= 11 is 6.20. The normalized spacial score (nSPS) is 25.4. The highest BCUT2D eigenvalue weighted by Gasteiger charge is 2.31. The molecule has 8 nitrogen and oxygen atoms in total. The fourth-order valence-electron chi connectivity index (χ4n) is 3.42. The topological polar surface area (TPSA) is 88.9 Å². The average Bonchev–Trinajstić information content (AvgIpc) is 2.93. The van der Waals surface area contributed by atoms with Crippen LogP contribution < -0.4 is 20.7 Å². The molecule has 0 amide bonds. The largest absolute Gasteiger partial charge is 0.475 e. The number of piperidine rings is 1. The maximum absolute atomic E-state index is 14.5. The first-order valence-corrected chi connectivity index (χ1v) is 9.53. The molecule has 146 valence electrons. The number of alkyl halides is 1. The number of fused-ring (bicyclic) bond motifs is 3. The molecule has 2 aromatic heterocycles. The predicted octanol–water partition coefficient (Wildman–Crippen LogP) is 2.83. The summed E-state index contributed by atoms with van der Waals surface area (Å²) in [4.78, 5) is 8.70. The molecule has 3 atom stereocenters. The minimum absolute atomic E-state index is 0.106. The maximum Gasteiger partial charge on any atom is 0.257 e. The Bertz CT molecular complexity index is 830. The van der Waals surface area contributed by atoms with Crippen LogP contribution in [0.1, 0.15) is 31.5 Å². The quantitative estimate of drug-likeness (QED) is 0.684. The number of hydrogen-bond donors (Lipinski definition) is 3. The van der Waals surface area contributed by atoms with Gasteiger partial charge < -0.3 is 20.7 Å². The minimum atomic E-state index is -1.00. The molecule has 2 aliphatic rings. The van der Waals surface area contributed by atoms with E-state index in [9.17, 15) is 4.39 Å². The van der Waals surface area contributed by atoms with Crippen molar-refractivity contribution in [2.24, 2.45) is 0 Å². The van der Waals surface area contributed by atoms with E-state index in [-0.39, 0.29) is 12.1 Å². The zero-order chi connectivity index (χ0) is 19.0. The van der Waals surface area contributed by atoms with Gasteiger partial charge >= 0.3 is 0 Å². The molecule has 4 rings (SSSR count). The lowest BCUT2D eigenvalue weighted by atomic mass is 10.1. The van der Waals surface area contributed by atoms with Gasteiger partial charge in [-0.15, -0.1) is 5.10 Å². The standard InChI is InChI=1S/C17H23ClFN7O/c1-9-4-6-27-16-14(23-17-21-7-11(18)15(22-9)24-17)10(2)26(25-16)13-3-5-20-8-12(13)19/h7,9,12-13,20H,3-6,8H2,1-2H3,(H2,21,22,23,24)/t9-,12?,13?/m1/s1.